The Kier molecular flexibility index (Phi) is 4.66. The summed E-state index contributed by atoms with van der Waals surface area (Å²) in [5.74, 6) is -0.365. The normalized spacial score (nSPS) is 16.6. The highest BCUT2D eigenvalue weighted by Gasteiger charge is 2.48. The fourth-order valence-corrected chi connectivity index (χ4v) is 2.52. The highest BCUT2D eigenvalue weighted by molar-refractivity contribution is 6.27. The molecule has 2 rings (SSSR count). The Hall–Kier alpha value is -1.75. The van der Waals surface area contributed by atoms with Crippen molar-refractivity contribution in [3.8, 4) is 0 Å². The summed E-state index contributed by atoms with van der Waals surface area (Å²) in [4.78, 5) is 25.4. The Balaban J connectivity index is 2.12. The molecule has 1 fully saturated rings. The number of carbonyl (C=O) groups excluding carboxylic acids is 2. The predicted octanol–water partition coefficient (Wildman–Crippen LogP) is 2.49. The van der Waals surface area contributed by atoms with Crippen LogP contribution in [0.5, 0.6) is 0 Å². The first-order valence-corrected chi connectivity index (χ1v) is 7.70. The van der Waals surface area contributed by atoms with Crippen molar-refractivity contribution in [2.24, 2.45) is 0 Å². The first kappa shape index (κ1) is 16.6. The Morgan fingerprint density at radius 1 is 1.27 bits per heavy atom. The molecule has 5 nitrogen and oxygen atoms in total. The first-order chi connectivity index (χ1) is 10.3. The highest BCUT2D eigenvalue weighted by Crippen LogP contribution is 2.33. The zero-order valence-corrected chi connectivity index (χ0v) is 13.8. The number of nitrogens with zero attached hydrogens (tertiary/aromatic N) is 1. The SMILES string of the molecule is CC(C)(C)OC(=O)N1CC(NC(=O)CCl)(c2ccccc2)C1. The Bertz CT molecular complexity index is 548. The largest absolute Gasteiger partial charge is 0.444 e. The summed E-state index contributed by atoms with van der Waals surface area (Å²) in [5.41, 5.74) is -0.181. The fraction of sp³-hybridized carbons (Fsp3) is 0.500. The third-order valence-corrected chi connectivity index (χ3v) is 3.64. The van der Waals surface area contributed by atoms with Crippen LogP contribution < -0.4 is 5.32 Å². The average Bonchev–Trinajstić information content (AvgIpc) is 2.41. The quantitative estimate of drug-likeness (QED) is 0.869. The Morgan fingerprint density at radius 3 is 2.36 bits per heavy atom. The molecule has 0 radical (unpaired) electrons. The smallest absolute Gasteiger partial charge is 0.410 e. The van der Waals surface area contributed by atoms with Gasteiger partial charge in [-0.1, -0.05) is 30.3 Å². The van der Waals surface area contributed by atoms with Crippen molar-refractivity contribution in [1.82, 2.24) is 10.2 Å². The summed E-state index contributed by atoms with van der Waals surface area (Å²) in [5, 5.41) is 2.92. The standard InChI is InChI=1S/C16H21ClN2O3/c1-15(2,3)22-14(21)19-10-16(11-19,18-13(20)9-17)12-7-5-4-6-8-12/h4-8H,9-11H2,1-3H3,(H,18,20). The molecule has 0 spiro atoms. The zero-order valence-electron chi connectivity index (χ0n) is 13.1. The molecule has 0 unspecified atom stereocenters. The van der Waals surface area contributed by atoms with E-state index in [-0.39, 0.29) is 17.9 Å². The van der Waals surface area contributed by atoms with Crippen molar-refractivity contribution in [2.45, 2.75) is 31.9 Å². The molecule has 0 saturated carbocycles. The number of hydrogen-bond acceptors (Lipinski definition) is 3. The predicted molar refractivity (Wildman–Crippen MR) is 84.8 cm³/mol. The van der Waals surface area contributed by atoms with Crippen molar-refractivity contribution < 1.29 is 14.3 Å². The Labute approximate surface area is 135 Å². The molecule has 1 aromatic carbocycles. The van der Waals surface area contributed by atoms with Gasteiger partial charge in [-0.25, -0.2) is 4.79 Å². The van der Waals surface area contributed by atoms with Gasteiger partial charge in [-0.05, 0) is 26.3 Å². The molecule has 1 aromatic rings. The zero-order chi connectivity index (χ0) is 16.4. The minimum atomic E-state index is -0.593. The van der Waals surface area contributed by atoms with Crippen LogP contribution in [0.15, 0.2) is 30.3 Å². The second-order valence-corrected chi connectivity index (χ2v) is 6.73. The topological polar surface area (TPSA) is 58.6 Å². The van der Waals surface area contributed by atoms with Crippen molar-refractivity contribution >= 4 is 23.6 Å². The lowest BCUT2D eigenvalue weighted by Crippen LogP contribution is -2.69. The Morgan fingerprint density at radius 2 is 1.86 bits per heavy atom. The van der Waals surface area contributed by atoms with E-state index in [4.69, 9.17) is 16.3 Å². The highest BCUT2D eigenvalue weighted by atomic mass is 35.5. The van der Waals surface area contributed by atoms with Gasteiger partial charge < -0.3 is 15.0 Å². The summed E-state index contributed by atoms with van der Waals surface area (Å²) >= 11 is 5.60. The van der Waals surface area contributed by atoms with Gasteiger partial charge >= 0.3 is 6.09 Å². The van der Waals surface area contributed by atoms with E-state index in [1.54, 1.807) is 4.90 Å². The van der Waals surface area contributed by atoms with Crippen molar-refractivity contribution in [2.75, 3.05) is 19.0 Å². The molecular formula is C16H21ClN2O3. The summed E-state index contributed by atoms with van der Waals surface area (Å²) in [7, 11) is 0. The third kappa shape index (κ3) is 3.71. The molecule has 2 amide bonds. The number of ether oxygens (including phenoxy) is 1. The molecule has 0 aromatic heterocycles. The van der Waals surface area contributed by atoms with Crippen LogP contribution in [0.3, 0.4) is 0 Å². The van der Waals surface area contributed by atoms with Gasteiger partial charge in [0.1, 0.15) is 17.0 Å². The lowest BCUT2D eigenvalue weighted by Gasteiger charge is -2.50. The van der Waals surface area contributed by atoms with E-state index in [9.17, 15) is 9.59 Å². The fourth-order valence-electron chi connectivity index (χ4n) is 2.45. The molecule has 0 bridgehead atoms. The van der Waals surface area contributed by atoms with Gasteiger partial charge in [-0.3, -0.25) is 4.79 Å². The van der Waals surface area contributed by atoms with Gasteiger partial charge in [0.2, 0.25) is 5.91 Å². The average molecular weight is 325 g/mol. The molecule has 1 heterocycles. The van der Waals surface area contributed by atoms with Gasteiger partial charge in [0.15, 0.2) is 0 Å². The number of alkyl halides is 1. The second-order valence-electron chi connectivity index (χ2n) is 6.47. The molecule has 0 atom stereocenters. The van der Waals surface area contributed by atoms with E-state index in [2.05, 4.69) is 5.32 Å². The lowest BCUT2D eigenvalue weighted by molar-refractivity contribution is -0.123. The van der Waals surface area contributed by atoms with Crippen LogP contribution >= 0.6 is 11.6 Å². The minimum absolute atomic E-state index is 0.110. The molecule has 0 aliphatic carbocycles. The van der Waals surface area contributed by atoms with E-state index in [0.29, 0.717) is 13.1 Å². The number of nitrogens with one attached hydrogen (secondary N) is 1. The van der Waals surface area contributed by atoms with Crippen LogP contribution in [0.25, 0.3) is 0 Å². The molecule has 120 valence electrons. The minimum Gasteiger partial charge on any atom is -0.444 e. The number of amides is 2. The summed E-state index contributed by atoms with van der Waals surface area (Å²) in [6, 6.07) is 9.58. The van der Waals surface area contributed by atoms with Crippen LogP contribution in [0, 0.1) is 0 Å². The van der Waals surface area contributed by atoms with Crippen LogP contribution in [0.2, 0.25) is 0 Å². The van der Waals surface area contributed by atoms with E-state index in [1.807, 2.05) is 51.1 Å². The van der Waals surface area contributed by atoms with Crippen molar-refractivity contribution in [3.63, 3.8) is 0 Å². The van der Waals surface area contributed by atoms with E-state index in [1.165, 1.54) is 0 Å². The summed E-state index contributed by atoms with van der Waals surface area (Å²) < 4.78 is 5.35. The number of benzene rings is 1. The molecule has 1 saturated heterocycles. The van der Waals surface area contributed by atoms with E-state index < -0.39 is 11.1 Å². The summed E-state index contributed by atoms with van der Waals surface area (Å²) in [6.45, 7) is 6.21. The van der Waals surface area contributed by atoms with Crippen LogP contribution in [-0.4, -0.2) is 41.5 Å². The molecule has 1 N–H and O–H groups in total. The number of rotatable bonds is 3. The van der Waals surface area contributed by atoms with Gasteiger partial charge in [-0.2, -0.15) is 0 Å². The summed E-state index contributed by atoms with van der Waals surface area (Å²) in [6.07, 6.45) is -0.376. The van der Waals surface area contributed by atoms with E-state index in [0.717, 1.165) is 5.56 Å². The van der Waals surface area contributed by atoms with Gasteiger partial charge in [0.05, 0.1) is 13.1 Å². The lowest BCUT2D eigenvalue weighted by atomic mass is 9.82. The van der Waals surface area contributed by atoms with Crippen molar-refractivity contribution in [1.29, 1.82) is 0 Å². The molecule has 1 aliphatic heterocycles. The number of hydrogen-bond donors (Lipinski definition) is 1. The number of halogens is 1. The van der Waals surface area contributed by atoms with E-state index >= 15 is 0 Å². The van der Waals surface area contributed by atoms with Crippen LogP contribution in [-0.2, 0) is 15.1 Å². The maximum atomic E-state index is 12.1. The van der Waals surface area contributed by atoms with Gasteiger partial charge in [0, 0.05) is 0 Å². The van der Waals surface area contributed by atoms with Gasteiger partial charge in [0.25, 0.3) is 0 Å². The third-order valence-electron chi connectivity index (χ3n) is 3.40. The number of likely N-dealkylation sites (tertiary alicyclic amines) is 1. The second kappa shape index (κ2) is 6.16. The monoisotopic (exact) mass is 324 g/mol. The first-order valence-electron chi connectivity index (χ1n) is 7.16. The molecule has 22 heavy (non-hydrogen) atoms. The van der Waals surface area contributed by atoms with Crippen molar-refractivity contribution in [3.05, 3.63) is 35.9 Å². The molecule has 6 heteroatoms. The maximum Gasteiger partial charge on any atom is 0.410 e. The number of carbonyl (C=O) groups is 2. The molecular weight excluding hydrogens is 304 g/mol. The van der Waals surface area contributed by atoms with Crippen LogP contribution in [0.4, 0.5) is 4.79 Å². The molecule has 1 aliphatic rings. The van der Waals surface area contributed by atoms with Gasteiger partial charge in [-0.15, -0.1) is 11.6 Å². The van der Waals surface area contributed by atoms with Crippen LogP contribution in [0.1, 0.15) is 26.3 Å². The maximum absolute atomic E-state index is 12.1.